The van der Waals surface area contributed by atoms with Crippen LogP contribution >= 0.6 is 0 Å². The zero-order valence-electron chi connectivity index (χ0n) is 12.6. The van der Waals surface area contributed by atoms with E-state index in [-0.39, 0.29) is 5.89 Å². The Balaban J connectivity index is 1.54. The molecule has 0 aliphatic heterocycles. The summed E-state index contributed by atoms with van der Waals surface area (Å²) >= 11 is 0. The molecule has 3 heterocycles. The molecule has 0 aliphatic carbocycles. The number of hydrogen-bond donors (Lipinski definition) is 2. The van der Waals surface area contributed by atoms with Crippen molar-refractivity contribution < 1.29 is 9.32 Å². The third kappa shape index (κ3) is 2.63. The maximum Gasteiger partial charge on any atom is 0.316 e. The molecule has 0 atom stereocenters. The first-order chi connectivity index (χ1) is 11.8. The van der Waals surface area contributed by atoms with Gasteiger partial charge in [-0.1, -0.05) is 23.4 Å². The van der Waals surface area contributed by atoms with Gasteiger partial charge in [-0.25, -0.2) is 0 Å². The normalized spacial score (nSPS) is 10.8. The Morgan fingerprint density at radius 1 is 1.17 bits per heavy atom. The highest BCUT2D eigenvalue weighted by atomic mass is 16.5. The summed E-state index contributed by atoms with van der Waals surface area (Å²) in [5, 5.41) is 7.60. The summed E-state index contributed by atoms with van der Waals surface area (Å²) < 4.78 is 5.09. The van der Waals surface area contributed by atoms with Crippen LogP contribution in [0.25, 0.3) is 22.3 Å². The van der Waals surface area contributed by atoms with Crippen LogP contribution in [0.2, 0.25) is 0 Å². The number of nitrogens with zero attached hydrogens (tertiary/aromatic N) is 3. The topological polar surface area (TPSA) is 96.7 Å². The molecule has 4 rings (SSSR count). The number of benzene rings is 1. The Morgan fingerprint density at radius 3 is 3.00 bits per heavy atom. The van der Waals surface area contributed by atoms with Gasteiger partial charge in [-0.3, -0.25) is 9.78 Å². The molecule has 4 aromatic rings. The molecule has 7 heteroatoms. The molecule has 2 N–H and O–H groups in total. The number of aromatic amines is 1. The summed E-state index contributed by atoms with van der Waals surface area (Å²) in [6, 6.07) is 13.2. The van der Waals surface area contributed by atoms with Crippen molar-refractivity contribution in [3.05, 3.63) is 66.4 Å². The van der Waals surface area contributed by atoms with Crippen molar-refractivity contribution in [1.82, 2.24) is 25.4 Å². The maximum atomic E-state index is 12.1. The van der Waals surface area contributed by atoms with Crippen LogP contribution in [-0.2, 0) is 6.54 Å². The van der Waals surface area contributed by atoms with Crippen LogP contribution in [-0.4, -0.2) is 26.0 Å². The fourth-order valence-corrected chi connectivity index (χ4v) is 2.45. The number of amides is 1. The quantitative estimate of drug-likeness (QED) is 0.602. The van der Waals surface area contributed by atoms with Gasteiger partial charge in [0.15, 0.2) is 0 Å². The highest BCUT2D eigenvalue weighted by Crippen LogP contribution is 2.25. The summed E-state index contributed by atoms with van der Waals surface area (Å²) in [6.45, 7) is 0.296. The minimum Gasteiger partial charge on any atom is -0.361 e. The molecule has 0 radical (unpaired) electrons. The van der Waals surface area contributed by atoms with Crippen LogP contribution in [0.5, 0.6) is 0 Å². The molecular formula is C17H13N5O2. The lowest BCUT2D eigenvalue weighted by atomic mass is 10.1. The van der Waals surface area contributed by atoms with Gasteiger partial charge in [0.2, 0.25) is 5.82 Å². The lowest BCUT2D eigenvalue weighted by Crippen LogP contribution is -2.23. The van der Waals surface area contributed by atoms with Crippen molar-refractivity contribution in [3.63, 3.8) is 0 Å². The number of aromatic nitrogens is 4. The van der Waals surface area contributed by atoms with E-state index in [1.165, 1.54) is 0 Å². The summed E-state index contributed by atoms with van der Waals surface area (Å²) in [4.78, 5) is 23.6. The van der Waals surface area contributed by atoms with Crippen LogP contribution in [0, 0.1) is 0 Å². The van der Waals surface area contributed by atoms with Crippen molar-refractivity contribution in [2.75, 3.05) is 0 Å². The van der Waals surface area contributed by atoms with Gasteiger partial charge in [0.05, 0.1) is 12.2 Å². The van der Waals surface area contributed by atoms with E-state index in [9.17, 15) is 4.79 Å². The zero-order valence-corrected chi connectivity index (χ0v) is 12.6. The van der Waals surface area contributed by atoms with Gasteiger partial charge in [-0.2, -0.15) is 4.98 Å². The first-order valence-corrected chi connectivity index (χ1v) is 7.39. The lowest BCUT2D eigenvalue weighted by Gasteiger charge is -2.00. The van der Waals surface area contributed by atoms with Gasteiger partial charge < -0.3 is 14.8 Å². The molecule has 7 nitrogen and oxygen atoms in total. The Morgan fingerprint density at radius 2 is 2.12 bits per heavy atom. The SMILES string of the molecule is O=C(NCc1ccccn1)c1nc(-c2cccc3[nH]ccc23)no1. The average molecular weight is 319 g/mol. The minimum absolute atomic E-state index is 0.0755. The molecule has 0 bridgehead atoms. The second-order valence-corrected chi connectivity index (χ2v) is 5.17. The number of H-pyrrole nitrogens is 1. The smallest absolute Gasteiger partial charge is 0.316 e. The fourth-order valence-electron chi connectivity index (χ4n) is 2.45. The predicted octanol–water partition coefficient (Wildman–Crippen LogP) is 2.54. The van der Waals surface area contributed by atoms with E-state index >= 15 is 0 Å². The van der Waals surface area contributed by atoms with Gasteiger partial charge in [0, 0.05) is 28.9 Å². The van der Waals surface area contributed by atoms with Crippen LogP contribution in [0.3, 0.4) is 0 Å². The Hall–Kier alpha value is -3.48. The second kappa shape index (κ2) is 5.96. The van der Waals surface area contributed by atoms with E-state index in [0.717, 1.165) is 22.2 Å². The zero-order chi connectivity index (χ0) is 16.4. The van der Waals surface area contributed by atoms with Gasteiger partial charge in [0.25, 0.3) is 0 Å². The highest BCUT2D eigenvalue weighted by Gasteiger charge is 2.17. The van der Waals surface area contributed by atoms with Crippen LogP contribution in [0.1, 0.15) is 16.4 Å². The van der Waals surface area contributed by atoms with Crippen molar-refractivity contribution in [2.45, 2.75) is 6.54 Å². The fraction of sp³-hybridized carbons (Fsp3) is 0.0588. The van der Waals surface area contributed by atoms with E-state index < -0.39 is 5.91 Å². The minimum atomic E-state index is -0.430. The van der Waals surface area contributed by atoms with Crippen LogP contribution in [0.4, 0.5) is 0 Å². The predicted molar refractivity (Wildman–Crippen MR) is 87.0 cm³/mol. The van der Waals surface area contributed by atoms with Crippen LogP contribution in [0.15, 0.2) is 59.4 Å². The number of carbonyl (C=O) groups excluding carboxylic acids is 1. The molecule has 0 spiro atoms. The largest absolute Gasteiger partial charge is 0.361 e. The molecule has 0 aliphatic rings. The molecule has 0 saturated carbocycles. The summed E-state index contributed by atoms with van der Waals surface area (Å²) in [7, 11) is 0. The number of fused-ring (bicyclic) bond motifs is 1. The third-order valence-corrected chi connectivity index (χ3v) is 3.61. The van der Waals surface area contributed by atoms with Crippen LogP contribution < -0.4 is 5.32 Å². The van der Waals surface area contributed by atoms with E-state index in [0.29, 0.717) is 12.4 Å². The second-order valence-electron chi connectivity index (χ2n) is 5.17. The number of hydrogen-bond acceptors (Lipinski definition) is 5. The highest BCUT2D eigenvalue weighted by molar-refractivity contribution is 5.94. The number of carbonyl (C=O) groups is 1. The van der Waals surface area contributed by atoms with Crippen molar-refractivity contribution in [1.29, 1.82) is 0 Å². The number of pyridine rings is 1. The van der Waals surface area contributed by atoms with E-state index in [1.54, 1.807) is 6.20 Å². The van der Waals surface area contributed by atoms with E-state index in [2.05, 4.69) is 25.4 Å². The lowest BCUT2D eigenvalue weighted by molar-refractivity contribution is 0.0906. The summed E-state index contributed by atoms with van der Waals surface area (Å²) in [5.74, 6) is -0.127. The third-order valence-electron chi connectivity index (χ3n) is 3.61. The first-order valence-electron chi connectivity index (χ1n) is 7.39. The number of rotatable bonds is 4. The molecule has 118 valence electrons. The number of nitrogens with one attached hydrogen (secondary N) is 2. The maximum absolute atomic E-state index is 12.1. The van der Waals surface area contributed by atoms with Gasteiger partial charge in [-0.05, 0) is 24.3 Å². The van der Waals surface area contributed by atoms with E-state index in [1.807, 2.05) is 48.7 Å². The Kier molecular flexibility index (Phi) is 3.51. The Labute approximate surface area is 136 Å². The van der Waals surface area contributed by atoms with Gasteiger partial charge in [0.1, 0.15) is 0 Å². The molecular weight excluding hydrogens is 306 g/mol. The van der Waals surface area contributed by atoms with Crippen molar-refractivity contribution in [2.24, 2.45) is 0 Å². The molecule has 24 heavy (non-hydrogen) atoms. The monoisotopic (exact) mass is 319 g/mol. The first kappa shape index (κ1) is 14.1. The van der Waals surface area contributed by atoms with Crippen molar-refractivity contribution >= 4 is 16.8 Å². The Bertz CT molecular complexity index is 990. The molecule has 1 amide bonds. The summed E-state index contributed by atoms with van der Waals surface area (Å²) in [6.07, 6.45) is 3.51. The van der Waals surface area contributed by atoms with Gasteiger partial charge in [-0.15, -0.1) is 0 Å². The standard InChI is InChI=1S/C17H13N5O2/c23-16(20-10-11-4-1-2-8-18-11)17-21-15(22-24-17)13-5-3-6-14-12(13)7-9-19-14/h1-9,19H,10H2,(H,20,23). The molecule has 0 fully saturated rings. The molecule has 0 saturated heterocycles. The van der Waals surface area contributed by atoms with E-state index in [4.69, 9.17) is 4.52 Å². The molecule has 0 unspecified atom stereocenters. The molecule has 3 aromatic heterocycles. The summed E-state index contributed by atoms with van der Waals surface area (Å²) in [5.41, 5.74) is 2.53. The van der Waals surface area contributed by atoms with Crippen molar-refractivity contribution in [3.8, 4) is 11.4 Å². The molecule has 1 aromatic carbocycles. The average Bonchev–Trinajstić information content (AvgIpc) is 3.29. The van der Waals surface area contributed by atoms with Gasteiger partial charge >= 0.3 is 11.8 Å².